The number of nitrogens with zero attached hydrogens (tertiary/aromatic N) is 1. The number of benzene rings is 4. The number of aromatic nitrogens is 1. The fourth-order valence-corrected chi connectivity index (χ4v) is 7.80. The molecule has 0 fully saturated rings. The van der Waals surface area contributed by atoms with Crippen LogP contribution < -0.4 is 4.57 Å². The van der Waals surface area contributed by atoms with E-state index in [4.69, 9.17) is 0 Å². The van der Waals surface area contributed by atoms with Crippen LogP contribution in [0, 0.1) is 17.8 Å². The van der Waals surface area contributed by atoms with E-state index in [1.807, 2.05) is 11.8 Å². The van der Waals surface area contributed by atoms with Crippen LogP contribution in [0.1, 0.15) is 58.2 Å². The number of aryl methyl sites for hydroxylation is 2. The number of hydrogen-bond acceptors (Lipinski definition) is 1. The van der Waals surface area contributed by atoms with Crippen LogP contribution in [0.2, 0.25) is 0 Å². The molecule has 5 aromatic rings. The first kappa shape index (κ1) is 24.5. The molecule has 4 aromatic carbocycles. The molecule has 0 spiro atoms. The predicted molar refractivity (Wildman–Crippen MR) is 161 cm³/mol. The molecule has 0 saturated heterocycles. The monoisotopic (exact) mass is 504 g/mol. The highest BCUT2D eigenvalue weighted by Crippen LogP contribution is 2.55. The van der Waals surface area contributed by atoms with Gasteiger partial charge in [0.2, 0.25) is 5.69 Å². The van der Waals surface area contributed by atoms with Gasteiger partial charge in [-0.1, -0.05) is 102 Å². The molecule has 0 atom stereocenters. The third-order valence-corrected chi connectivity index (χ3v) is 9.04. The minimum absolute atomic E-state index is 0.194. The summed E-state index contributed by atoms with van der Waals surface area (Å²) in [6, 6.07) is 20.5. The van der Waals surface area contributed by atoms with Gasteiger partial charge in [-0.15, -0.1) is 0 Å². The molecule has 0 N–H and O–H groups in total. The fourth-order valence-electron chi connectivity index (χ4n) is 6.34. The van der Waals surface area contributed by atoms with E-state index in [9.17, 15) is 0 Å². The van der Waals surface area contributed by atoms with Crippen molar-refractivity contribution in [1.29, 1.82) is 0 Å². The first-order valence-corrected chi connectivity index (χ1v) is 14.3. The van der Waals surface area contributed by atoms with Gasteiger partial charge in [0, 0.05) is 15.9 Å². The molecular weight excluding hydrogens is 466 g/mol. The molecule has 0 unspecified atom stereocenters. The van der Waals surface area contributed by atoms with Gasteiger partial charge in [-0.3, -0.25) is 0 Å². The van der Waals surface area contributed by atoms with E-state index in [2.05, 4.69) is 121 Å². The second-order valence-electron chi connectivity index (χ2n) is 13.3. The van der Waals surface area contributed by atoms with Crippen LogP contribution in [0.3, 0.4) is 0 Å². The van der Waals surface area contributed by atoms with E-state index in [1.54, 1.807) is 0 Å². The van der Waals surface area contributed by atoms with E-state index in [0.717, 1.165) is 12.8 Å². The summed E-state index contributed by atoms with van der Waals surface area (Å²) in [7, 11) is 2.23. The summed E-state index contributed by atoms with van der Waals surface area (Å²) >= 11 is 2.02. The molecule has 0 bridgehead atoms. The molecule has 188 valence electrons. The van der Waals surface area contributed by atoms with Crippen molar-refractivity contribution in [3.63, 3.8) is 0 Å². The van der Waals surface area contributed by atoms with E-state index in [1.165, 1.54) is 70.1 Å². The standard InChI is InChI=1S/C35H38NS/c1-21-22-13-9-10-14-23(22)28(20-35(5,6)7)33-29(21)31-30-25(17-18-36(31)8)27(19-34(2,3)4)24-15-11-12-16-26(24)32(30)37-33/h9-18H,19-20H2,1-8H3/q+1. The van der Waals surface area contributed by atoms with Gasteiger partial charge in [-0.2, -0.15) is 0 Å². The molecule has 1 aliphatic rings. The summed E-state index contributed by atoms with van der Waals surface area (Å²) in [5, 5.41) is 8.45. The van der Waals surface area contributed by atoms with Gasteiger partial charge in [-0.05, 0) is 74.2 Å². The van der Waals surface area contributed by atoms with Gasteiger partial charge < -0.3 is 0 Å². The Labute approximate surface area is 225 Å². The Morgan fingerprint density at radius 1 is 0.649 bits per heavy atom. The second kappa shape index (κ2) is 8.33. The fraction of sp³-hybridized carbons (Fsp3) is 0.343. The molecule has 6 rings (SSSR count). The van der Waals surface area contributed by atoms with Crippen molar-refractivity contribution in [3.05, 3.63) is 77.5 Å². The van der Waals surface area contributed by atoms with Crippen molar-refractivity contribution in [2.45, 2.75) is 71.1 Å². The van der Waals surface area contributed by atoms with Gasteiger partial charge in [-0.25, -0.2) is 4.57 Å². The minimum Gasteiger partial charge on any atom is -0.200 e. The van der Waals surface area contributed by atoms with Gasteiger partial charge in [0.15, 0.2) is 6.20 Å². The van der Waals surface area contributed by atoms with Crippen molar-refractivity contribution in [1.82, 2.24) is 0 Å². The van der Waals surface area contributed by atoms with Gasteiger partial charge in [0.05, 0.1) is 10.9 Å². The zero-order valence-corrected chi connectivity index (χ0v) is 24.4. The largest absolute Gasteiger partial charge is 0.222 e. The highest BCUT2D eigenvalue weighted by Gasteiger charge is 2.34. The van der Waals surface area contributed by atoms with Crippen molar-refractivity contribution in [2.75, 3.05) is 0 Å². The van der Waals surface area contributed by atoms with Gasteiger partial charge in [0.25, 0.3) is 0 Å². The van der Waals surface area contributed by atoms with Crippen LogP contribution in [0.15, 0.2) is 70.6 Å². The first-order valence-electron chi connectivity index (χ1n) is 13.5. The number of pyridine rings is 1. The maximum atomic E-state index is 2.38. The zero-order chi connectivity index (χ0) is 26.3. The third-order valence-electron chi connectivity index (χ3n) is 7.76. The molecule has 37 heavy (non-hydrogen) atoms. The number of fused-ring (bicyclic) bond motifs is 5. The minimum atomic E-state index is 0.194. The predicted octanol–water partition coefficient (Wildman–Crippen LogP) is 9.59. The lowest BCUT2D eigenvalue weighted by Crippen LogP contribution is -2.32. The van der Waals surface area contributed by atoms with Gasteiger partial charge >= 0.3 is 0 Å². The Hall–Kier alpha value is -2.84. The topological polar surface area (TPSA) is 3.88 Å². The highest BCUT2D eigenvalue weighted by molar-refractivity contribution is 8.00. The average Bonchev–Trinajstić information content (AvgIpc) is 2.83. The van der Waals surface area contributed by atoms with Crippen molar-refractivity contribution in [3.8, 4) is 11.3 Å². The molecule has 0 amide bonds. The van der Waals surface area contributed by atoms with Crippen molar-refractivity contribution >= 4 is 44.1 Å². The maximum Gasteiger partial charge on any atom is 0.222 e. The van der Waals surface area contributed by atoms with Crippen LogP contribution in [0.4, 0.5) is 0 Å². The normalized spacial score (nSPS) is 13.5. The Balaban J connectivity index is 1.83. The Morgan fingerprint density at radius 2 is 1.19 bits per heavy atom. The SMILES string of the molecule is Cc1c2c(c(CC(C)(C)C)c3ccccc13)Sc1c3ccccc3c(CC(C)(C)C)c3cc[n+](C)c-2c13. The van der Waals surface area contributed by atoms with Crippen molar-refractivity contribution < 1.29 is 4.57 Å². The molecule has 1 aliphatic heterocycles. The van der Waals surface area contributed by atoms with Crippen LogP contribution in [-0.2, 0) is 19.9 Å². The number of hydrogen-bond donors (Lipinski definition) is 0. The lowest BCUT2D eigenvalue weighted by molar-refractivity contribution is -0.659. The average molecular weight is 505 g/mol. The smallest absolute Gasteiger partial charge is 0.200 e. The Morgan fingerprint density at radius 3 is 1.81 bits per heavy atom. The first-order chi connectivity index (χ1) is 17.4. The molecular formula is C35H38NS+. The van der Waals surface area contributed by atoms with E-state index < -0.39 is 0 Å². The highest BCUT2D eigenvalue weighted by atomic mass is 32.2. The zero-order valence-electron chi connectivity index (χ0n) is 23.5. The van der Waals surface area contributed by atoms with Crippen LogP contribution in [-0.4, -0.2) is 0 Å². The van der Waals surface area contributed by atoms with E-state index in [0.29, 0.717) is 0 Å². The van der Waals surface area contributed by atoms with Crippen molar-refractivity contribution in [2.24, 2.45) is 17.9 Å². The summed E-state index contributed by atoms with van der Waals surface area (Å²) in [6.07, 6.45) is 4.40. The summed E-state index contributed by atoms with van der Waals surface area (Å²) < 4.78 is 2.38. The quantitative estimate of drug-likeness (QED) is 0.168. The summed E-state index contributed by atoms with van der Waals surface area (Å²) in [4.78, 5) is 2.88. The Bertz CT molecular complexity index is 1730. The van der Waals surface area contributed by atoms with Crippen LogP contribution >= 0.6 is 11.8 Å². The molecule has 1 aromatic heterocycles. The maximum absolute atomic E-state index is 2.38. The van der Waals surface area contributed by atoms with E-state index in [-0.39, 0.29) is 10.8 Å². The lowest BCUT2D eigenvalue weighted by atomic mass is 9.81. The second-order valence-corrected chi connectivity index (χ2v) is 14.4. The molecule has 0 radical (unpaired) electrons. The van der Waals surface area contributed by atoms with E-state index >= 15 is 0 Å². The summed E-state index contributed by atoms with van der Waals surface area (Å²) in [6.45, 7) is 16.5. The molecule has 1 nitrogen and oxygen atoms in total. The lowest BCUT2D eigenvalue weighted by Gasteiger charge is -2.29. The summed E-state index contributed by atoms with van der Waals surface area (Å²) in [5.74, 6) is 0. The molecule has 0 aliphatic carbocycles. The summed E-state index contributed by atoms with van der Waals surface area (Å²) in [5.41, 5.74) is 7.59. The molecule has 2 heterocycles. The van der Waals surface area contributed by atoms with Crippen LogP contribution in [0.25, 0.3) is 43.6 Å². The number of rotatable bonds is 2. The van der Waals surface area contributed by atoms with Crippen LogP contribution in [0.5, 0.6) is 0 Å². The molecule has 2 heteroatoms. The third kappa shape index (κ3) is 3.96. The van der Waals surface area contributed by atoms with Gasteiger partial charge in [0.1, 0.15) is 7.05 Å². The molecule has 0 saturated carbocycles. The Kier molecular flexibility index (Phi) is 5.52.